The average Bonchev–Trinajstić information content (AvgIpc) is 3.07. The average molecular weight is 331 g/mol. The van der Waals surface area contributed by atoms with E-state index in [0.29, 0.717) is 11.3 Å². The number of imidazole rings is 1. The molecule has 0 saturated heterocycles. The number of benzene rings is 2. The van der Waals surface area contributed by atoms with Crippen LogP contribution in [0.15, 0.2) is 79.1 Å². The number of rotatable bonds is 3. The molecule has 0 aliphatic carbocycles. The summed E-state index contributed by atoms with van der Waals surface area (Å²) in [5, 5.41) is 2.83. The lowest BCUT2D eigenvalue weighted by atomic mass is 10.1. The summed E-state index contributed by atoms with van der Waals surface area (Å²) in [4.78, 5) is 16.8. The molecule has 0 fully saturated rings. The topological polar surface area (TPSA) is 46.4 Å². The van der Waals surface area contributed by atoms with Crippen molar-refractivity contribution in [1.82, 2.24) is 9.38 Å². The summed E-state index contributed by atoms with van der Waals surface area (Å²) in [7, 11) is 0. The molecule has 4 nitrogen and oxygen atoms in total. The summed E-state index contributed by atoms with van der Waals surface area (Å²) in [5.41, 5.74) is 3.64. The van der Waals surface area contributed by atoms with Crippen LogP contribution in [0.5, 0.6) is 0 Å². The first kappa shape index (κ1) is 15.1. The van der Waals surface area contributed by atoms with Crippen LogP contribution in [-0.4, -0.2) is 15.3 Å². The Balaban J connectivity index is 1.60. The van der Waals surface area contributed by atoms with Crippen molar-refractivity contribution in [2.45, 2.75) is 0 Å². The van der Waals surface area contributed by atoms with Gasteiger partial charge in [0.2, 0.25) is 0 Å². The predicted molar refractivity (Wildman–Crippen MR) is 95.0 cm³/mol. The number of halogens is 1. The highest BCUT2D eigenvalue weighted by Gasteiger charge is 2.08. The van der Waals surface area contributed by atoms with Gasteiger partial charge in [0, 0.05) is 29.2 Å². The Kier molecular flexibility index (Phi) is 3.74. The van der Waals surface area contributed by atoms with E-state index in [9.17, 15) is 9.18 Å². The second kappa shape index (κ2) is 6.20. The summed E-state index contributed by atoms with van der Waals surface area (Å²) in [5.74, 6) is -0.655. The van der Waals surface area contributed by atoms with Gasteiger partial charge in [-0.25, -0.2) is 9.37 Å². The van der Waals surface area contributed by atoms with Crippen molar-refractivity contribution in [1.29, 1.82) is 0 Å². The first-order valence-corrected chi connectivity index (χ1v) is 7.80. The number of fused-ring (bicyclic) bond motifs is 1. The summed E-state index contributed by atoms with van der Waals surface area (Å²) in [6, 6.07) is 18.7. The van der Waals surface area contributed by atoms with Crippen molar-refractivity contribution in [2.24, 2.45) is 0 Å². The van der Waals surface area contributed by atoms with E-state index < -0.39 is 0 Å². The quantitative estimate of drug-likeness (QED) is 0.605. The molecule has 0 bridgehead atoms. The van der Waals surface area contributed by atoms with Gasteiger partial charge in [0.05, 0.1) is 5.69 Å². The van der Waals surface area contributed by atoms with Gasteiger partial charge < -0.3 is 9.72 Å². The molecule has 0 spiro atoms. The van der Waals surface area contributed by atoms with E-state index in [1.807, 2.05) is 53.2 Å². The number of nitrogens with zero attached hydrogens (tertiary/aromatic N) is 2. The lowest BCUT2D eigenvalue weighted by Gasteiger charge is -2.06. The lowest BCUT2D eigenvalue weighted by molar-refractivity contribution is 0.102. The Hall–Kier alpha value is -3.47. The molecule has 2 heterocycles. The molecule has 0 aliphatic heterocycles. The number of amides is 1. The van der Waals surface area contributed by atoms with Gasteiger partial charge >= 0.3 is 0 Å². The van der Waals surface area contributed by atoms with Crippen LogP contribution in [-0.2, 0) is 0 Å². The fraction of sp³-hybridized carbons (Fsp3) is 0. The lowest BCUT2D eigenvalue weighted by Crippen LogP contribution is -2.11. The molecular weight excluding hydrogens is 317 g/mol. The Bertz CT molecular complexity index is 1020. The van der Waals surface area contributed by atoms with Crippen LogP contribution in [0, 0.1) is 5.82 Å². The molecule has 1 amide bonds. The largest absolute Gasteiger partial charge is 0.322 e. The number of carbonyl (C=O) groups excluding carboxylic acids is 1. The molecule has 0 radical (unpaired) electrons. The minimum Gasteiger partial charge on any atom is -0.322 e. The first-order valence-electron chi connectivity index (χ1n) is 7.80. The van der Waals surface area contributed by atoms with Gasteiger partial charge in [-0.15, -0.1) is 0 Å². The predicted octanol–water partition coefficient (Wildman–Crippen LogP) is 4.39. The second-order valence-corrected chi connectivity index (χ2v) is 5.63. The highest BCUT2D eigenvalue weighted by Crippen LogP contribution is 2.23. The minimum atomic E-state index is -0.370. The summed E-state index contributed by atoms with van der Waals surface area (Å²) < 4.78 is 14.9. The maximum atomic E-state index is 13.0. The zero-order chi connectivity index (χ0) is 17.2. The standard InChI is InChI=1S/C20H14FN3O/c21-16-9-7-14(8-10-16)20(25)22-17-5-3-4-15(12-17)18-13-24-11-2-1-6-19(24)23-18/h1-13H,(H,22,25). The van der Waals surface area contributed by atoms with E-state index in [1.165, 1.54) is 24.3 Å². The summed E-state index contributed by atoms with van der Waals surface area (Å²) in [6.45, 7) is 0. The Morgan fingerprint density at radius 2 is 1.84 bits per heavy atom. The van der Waals surface area contributed by atoms with Crippen molar-refractivity contribution >= 4 is 17.2 Å². The molecule has 2 aromatic heterocycles. The minimum absolute atomic E-state index is 0.285. The number of hydrogen-bond acceptors (Lipinski definition) is 2. The molecule has 25 heavy (non-hydrogen) atoms. The van der Waals surface area contributed by atoms with Crippen LogP contribution in [0.25, 0.3) is 16.9 Å². The number of anilines is 1. The van der Waals surface area contributed by atoms with Crippen molar-refractivity contribution in [2.75, 3.05) is 5.32 Å². The molecular formula is C20H14FN3O. The van der Waals surface area contributed by atoms with E-state index in [0.717, 1.165) is 16.9 Å². The Labute approximate surface area is 143 Å². The van der Waals surface area contributed by atoms with Crippen LogP contribution in [0.3, 0.4) is 0 Å². The first-order chi connectivity index (χ1) is 12.2. The molecule has 122 valence electrons. The maximum absolute atomic E-state index is 13.0. The highest BCUT2D eigenvalue weighted by molar-refractivity contribution is 6.04. The van der Waals surface area contributed by atoms with Crippen LogP contribution < -0.4 is 5.32 Å². The van der Waals surface area contributed by atoms with Crippen LogP contribution in [0.4, 0.5) is 10.1 Å². The number of aromatic nitrogens is 2. The third-order valence-electron chi connectivity index (χ3n) is 3.89. The van der Waals surface area contributed by atoms with Crippen molar-refractivity contribution < 1.29 is 9.18 Å². The van der Waals surface area contributed by atoms with Crippen LogP contribution in [0.2, 0.25) is 0 Å². The molecule has 1 N–H and O–H groups in total. The Morgan fingerprint density at radius 3 is 2.64 bits per heavy atom. The van der Waals surface area contributed by atoms with Gasteiger partial charge in [-0.1, -0.05) is 18.2 Å². The second-order valence-electron chi connectivity index (χ2n) is 5.63. The van der Waals surface area contributed by atoms with E-state index in [2.05, 4.69) is 10.3 Å². The molecule has 0 unspecified atom stereocenters. The summed E-state index contributed by atoms with van der Waals surface area (Å²) in [6.07, 6.45) is 3.88. The zero-order valence-electron chi connectivity index (χ0n) is 13.2. The van der Waals surface area contributed by atoms with Crippen LogP contribution in [0.1, 0.15) is 10.4 Å². The molecule has 2 aromatic carbocycles. The van der Waals surface area contributed by atoms with Gasteiger partial charge in [-0.2, -0.15) is 0 Å². The van der Waals surface area contributed by atoms with E-state index >= 15 is 0 Å². The van der Waals surface area contributed by atoms with Gasteiger partial charge in [0.25, 0.3) is 5.91 Å². The number of hydrogen-bond donors (Lipinski definition) is 1. The van der Waals surface area contributed by atoms with Crippen LogP contribution >= 0.6 is 0 Å². The monoisotopic (exact) mass is 331 g/mol. The smallest absolute Gasteiger partial charge is 0.255 e. The third kappa shape index (κ3) is 3.12. The fourth-order valence-corrected chi connectivity index (χ4v) is 2.63. The number of carbonyl (C=O) groups is 1. The van der Waals surface area contributed by atoms with Crippen molar-refractivity contribution in [3.63, 3.8) is 0 Å². The SMILES string of the molecule is O=C(Nc1cccc(-c2cn3ccccc3n2)c1)c1ccc(F)cc1. The molecule has 5 heteroatoms. The van der Waals surface area contributed by atoms with E-state index in [1.54, 1.807) is 6.07 Å². The van der Waals surface area contributed by atoms with Gasteiger partial charge in [0.15, 0.2) is 0 Å². The van der Waals surface area contributed by atoms with Crippen molar-refractivity contribution in [3.05, 3.63) is 90.5 Å². The third-order valence-corrected chi connectivity index (χ3v) is 3.89. The maximum Gasteiger partial charge on any atom is 0.255 e. The van der Waals surface area contributed by atoms with Gasteiger partial charge in [0.1, 0.15) is 11.5 Å². The number of nitrogens with one attached hydrogen (secondary N) is 1. The zero-order valence-corrected chi connectivity index (χ0v) is 13.2. The highest BCUT2D eigenvalue weighted by atomic mass is 19.1. The normalized spacial score (nSPS) is 10.8. The number of pyridine rings is 1. The molecule has 0 atom stereocenters. The fourth-order valence-electron chi connectivity index (χ4n) is 2.63. The summed E-state index contributed by atoms with van der Waals surface area (Å²) >= 11 is 0. The van der Waals surface area contributed by atoms with E-state index in [4.69, 9.17) is 0 Å². The Morgan fingerprint density at radius 1 is 1.00 bits per heavy atom. The van der Waals surface area contributed by atoms with Crippen molar-refractivity contribution in [3.8, 4) is 11.3 Å². The van der Waals surface area contributed by atoms with Gasteiger partial charge in [-0.3, -0.25) is 4.79 Å². The van der Waals surface area contributed by atoms with E-state index in [-0.39, 0.29) is 11.7 Å². The molecule has 4 aromatic rings. The van der Waals surface area contributed by atoms with Gasteiger partial charge in [-0.05, 0) is 48.5 Å². The molecule has 0 saturated carbocycles. The molecule has 4 rings (SSSR count). The molecule has 0 aliphatic rings.